The van der Waals surface area contributed by atoms with Crippen LogP contribution in [-0.2, 0) is 6.54 Å². The van der Waals surface area contributed by atoms with E-state index in [1.165, 1.54) is 19.4 Å². The fraction of sp³-hybridized carbons (Fsp3) is 0.444. The Labute approximate surface area is 143 Å². The van der Waals surface area contributed by atoms with Gasteiger partial charge in [-0.05, 0) is 49.7 Å². The van der Waals surface area contributed by atoms with Crippen LogP contribution in [0.3, 0.4) is 0 Å². The SMILES string of the molecule is CCN1CCC[C@@H]1CNC(N)=NCc1ccc(-n2cccn2)cc1. The molecule has 24 heavy (non-hydrogen) atoms. The first-order chi connectivity index (χ1) is 11.8. The van der Waals surface area contributed by atoms with E-state index in [2.05, 4.69) is 39.4 Å². The number of nitrogens with one attached hydrogen (secondary N) is 1. The van der Waals surface area contributed by atoms with E-state index in [0.29, 0.717) is 18.5 Å². The van der Waals surface area contributed by atoms with Crippen LogP contribution in [0.4, 0.5) is 0 Å². The van der Waals surface area contributed by atoms with Crippen LogP contribution in [-0.4, -0.2) is 46.3 Å². The van der Waals surface area contributed by atoms with Crippen molar-refractivity contribution in [3.63, 3.8) is 0 Å². The molecule has 1 aromatic heterocycles. The summed E-state index contributed by atoms with van der Waals surface area (Å²) in [5, 5.41) is 7.49. The van der Waals surface area contributed by atoms with E-state index >= 15 is 0 Å². The fourth-order valence-corrected chi connectivity index (χ4v) is 3.17. The van der Waals surface area contributed by atoms with Crippen molar-refractivity contribution in [3.05, 3.63) is 48.3 Å². The van der Waals surface area contributed by atoms with Gasteiger partial charge in [0.1, 0.15) is 0 Å². The van der Waals surface area contributed by atoms with E-state index in [9.17, 15) is 0 Å². The first-order valence-corrected chi connectivity index (χ1v) is 8.63. The number of rotatable bonds is 6. The highest BCUT2D eigenvalue weighted by Crippen LogP contribution is 2.15. The summed E-state index contributed by atoms with van der Waals surface area (Å²) in [7, 11) is 0. The number of hydrogen-bond acceptors (Lipinski definition) is 3. The van der Waals surface area contributed by atoms with Gasteiger partial charge in [-0.25, -0.2) is 9.67 Å². The Morgan fingerprint density at radius 2 is 2.21 bits per heavy atom. The van der Waals surface area contributed by atoms with Crippen molar-refractivity contribution < 1.29 is 0 Å². The van der Waals surface area contributed by atoms with Gasteiger partial charge in [0.05, 0.1) is 12.2 Å². The minimum atomic E-state index is 0.522. The Morgan fingerprint density at radius 3 is 2.92 bits per heavy atom. The molecule has 3 rings (SSSR count). The number of likely N-dealkylation sites (tertiary alicyclic amines) is 1. The molecule has 0 radical (unpaired) electrons. The summed E-state index contributed by atoms with van der Waals surface area (Å²) < 4.78 is 1.84. The van der Waals surface area contributed by atoms with E-state index in [4.69, 9.17) is 5.73 Å². The van der Waals surface area contributed by atoms with Crippen LogP contribution >= 0.6 is 0 Å². The highest BCUT2D eigenvalue weighted by molar-refractivity contribution is 5.77. The molecule has 1 saturated heterocycles. The number of nitrogens with zero attached hydrogens (tertiary/aromatic N) is 4. The predicted molar refractivity (Wildman–Crippen MR) is 97.2 cm³/mol. The van der Waals surface area contributed by atoms with Crippen LogP contribution in [0.15, 0.2) is 47.7 Å². The standard InChI is InChI=1S/C18H26N6/c1-2-23-11-3-5-17(23)14-21-18(19)20-13-15-6-8-16(9-7-15)24-12-4-10-22-24/h4,6-10,12,17H,2-3,5,11,13-14H2,1H3,(H3,19,20,21)/t17-/m1/s1. The number of benzene rings is 1. The van der Waals surface area contributed by atoms with E-state index < -0.39 is 0 Å². The van der Waals surface area contributed by atoms with Gasteiger partial charge in [-0.2, -0.15) is 5.10 Å². The predicted octanol–water partition coefficient (Wildman–Crippen LogP) is 1.76. The zero-order valence-corrected chi connectivity index (χ0v) is 14.2. The third kappa shape index (κ3) is 4.14. The van der Waals surface area contributed by atoms with Crippen molar-refractivity contribution in [2.24, 2.45) is 10.7 Å². The van der Waals surface area contributed by atoms with Gasteiger partial charge in [-0.15, -0.1) is 0 Å². The minimum absolute atomic E-state index is 0.522. The Morgan fingerprint density at radius 1 is 1.38 bits per heavy atom. The summed E-state index contributed by atoms with van der Waals surface area (Å²) in [6.45, 7) is 5.97. The topological polar surface area (TPSA) is 71.5 Å². The maximum absolute atomic E-state index is 6.00. The van der Waals surface area contributed by atoms with Crippen molar-refractivity contribution in [2.75, 3.05) is 19.6 Å². The third-order valence-electron chi connectivity index (χ3n) is 4.56. The number of likely N-dealkylation sites (N-methyl/N-ethyl adjacent to an activating group) is 1. The molecule has 6 nitrogen and oxygen atoms in total. The van der Waals surface area contributed by atoms with Crippen LogP contribution in [0.25, 0.3) is 5.69 Å². The summed E-state index contributed by atoms with van der Waals surface area (Å²) in [4.78, 5) is 6.94. The summed E-state index contributed by atoms with van der Waals surface area (Å²) >= 11 is 0. The number of aromatic nitrogens is 2. The molecular weight excluding hydrogens is 300 g/mol. The first-order valence-electron chi connectivity index (χ1n) is 8.63. The molecule has 128 valence electrons. The summed E-state index contributed by atoms with van der Waals surface area (Å²) in [5.74, 6) is 0.522. The average Bonchev–Trinajstić information content (AvgIpc) is 3.29. The summed E-state index contributed by atoms with van der Waals surface area (Å²) in [6, 6.07) is 10.7. The second-order valence-corrected chi connectivity index (χ2v) is 6.12. The Balaban J connectivity index is 1.49. The molecule has 1 aromatic carbocycles. The molecule has 0 saturated carbocycles. The lowest BCUT2D eigenvalue weighted by Gasteiger charge is -2.23. The van der Waals surface area contributed by atoms with Crippen LogP contribution in [0.2, 0.25) is 0 Å². The van der Waals surface area contributed by atoms with Gasteiger partial charge in [-0.1, -0.05) is 19.1 Å². The zero-order valence-electron chi connectivity index (χ0n) is 14.2. The average molecular weight is 326 g/mol. The highest BCUT2D eigenvalue weighted by Gasteiger charge is 2.22. The lowest BCUT2D eigenvalue weighted by Crippen LogP contribution is -2.42. The molecule has 2 heterocycles. The summed E-state index contributed by atoms with van der Waals surface area (Å²) in [5.41, 5.74) is 8.17. The largest absolute Gasteiger partial charge is 0.370 e. The molecule has 0 unspecified atom stereocenters. The fourth-order valence-electron chi connectivity index (χ4n) is 3.17. The molecule has 0 spiro atoms. The molecule has 1 aliphatic heterocycles. The Hall–Kier alpha value is -2.34. The monoisotopic (exact) mass is 326 g/mol. The van der Waals surface area contributed by atoms with Crippen molar-refractivity contribution in [2.45, 2.75) is 32.4 Å². The molecule has 0 aliphatic carbocycles. The van der Waals surface area contributed by atoms with Crippen molar-refractivity contribution in [1.29, 1.82) is 0 Å². The lowest BCUT2D eigenvalue weighted by molar-refractivity contribution is 0.267. The second kappa shape index (κ2) is 7.97. The van der Waals surface area contributed by atoms with Gasteiger partial charge < -0.3 is 11.1 Å². The van der Waals surface area contributed by atoms with Crippen LogP contribution in [0.1, 0.15) is 25.3 Å². The third-order valence-corrected chi connectivity index (χ3v) is 4.56. The zero-order chi connectivity index (χ0) is 16.8. The molecule has 1 fully saturated rings. The van der Waals surface area contributed by atoms with E-state index in [0.717, 1.165) is 24.3 Å². The van der Waals surface area contributed by atoms with Crippen molar-refractivity contribution in [1.82, 2.24) is 20.0 Å². The van der Waals surface area contributed by atoms with Gasteiger partial charge >= 0.3 is 0 Å². The van der Waals surface area contributed by atoms with Gasteiger partial charge in [0, 0.05) is 25.0 Å². The Kier molecular flexibility index (Phi) is 5.48. The van der Waals surface area contributed by atoms with Crippen LogP contribution < -0.4 is 11.1 Å². The number of nitrogens with two attached hydrogens (primary N) is 1. The number of hydrogen-bond donors (Lipinski definition) is 2. The molecule has 2 aromatic rings. The smallest absolute Gasteiger partial charge is 0.188 e. The minimum Gasteiger partial charge on any atom is -0.370 e. The van der Waals surface area contributed by atoms with Crippen LogP contribution in [0.5, 0.6) is 0 Å². The molecular formula is C18H26N6. The Bertz CT molecular complexity index is 647. The first kappa shape index (κ1) is 16.5. The van der Waals surface area contributed by atoms with Gasteiger partial charge in [0.25, 0.3) is 0 Å². The summed E-state index contributed by atoms with van der Waals surface area (Å²) in [6.07, 6.45) is 6.22. The number of guanidine groups is 1. The number of aliphatic imine (C=N–C) groups is 1. The maximum Gasteiger partial charge on any atom is 0.188 e. The maximum atomic E-state index is 6.00. The molecule has 1 atom stereocenters. The highest BCUT2D eigenvalue weighted by atomic mass is 15.3. The van der Waals surface area contributed by atoms with Gasteiger partial charge in [0.15, 0.2) is 5.96 Å². The van der Waals surface area contributed by atoms with E-state index in [1.54, 1.807) is 6.20 Å². The van der Waals surface area contributed by atoms with E-state index in [-0.39, 0.29) is 0 Å². The van der Waals surface area contributed by atoms with E-state index in [1.807, 2.05) is 29.1 Å². The van der Waals surface area contributed by atoms with Gasteiger partial charge in [0.2, 0.25) is 0 Å². The normalized spacial score (nSPS) is 18.9. The van der Waals surface area contributed by atoms with Gasteiger partial charge in [-0.3, -0.25) is 4.90 Å². The molecule has 0 bridgehead atoms. The van der Waals surface area contributed by atoms with Crippen LogP contribution in [0, 0.1) is 0 Å². The molecule has 1 aliphatic rings. The molecule has 0 amide bonds. The lowest BCUT2D eigenvalue weighted by atomic mass is 10.2. The quantitative estimate of drug-likeness (QED) is 0.627. The molecule has 3 N–H and O–H groups in total. The second-order valence-electron chi connectivity index (χ2n) is 6.12. The molecule has 6 heteroatoms. The van der Waals surface area contributed by atoms with Crippen molar-refractivity contribution >= 4 is 5.96 Å². The van der Waals surface area contributed by atoms with Crippen molar-refractivity contribution in [3.8, 4) is 5.69 Å².